The molecule has 23 heavy (non-hydrogen) atoms. The molecule has 0 radical (unpaired) electrons. The van der Waals surface area contributed by atoms with Crippen LogP contribution in [0.15, 0.2) is 12.1 Å². The second-order valence-corrected chi connectivity index (χ2v) is 6.51. The molecule has 0 saturated carbocycles. The third-order valence-corrected chi connectivity index (χ3v) is 5.10. The number of anilines is 1. The van der Waals surface area contributed by atoms with Crippen molar-refractivity contribution in [2.45, 2.75) is 53.4 Å². The van der Waals surface area contributed by atoms with Crippen LogP contribution in [0, 0.1) is 6.92 Å². The average Bonchev–Trinajstić information content (AvgIpc) is 2.54. The lowest BCUT2D eigenvalue weighted by Gasteiger charge is -2.25. The maximum Gasteiger partial charge on any atom is 0.163 e. The molecule has 0 N–H and O–H groups in total. The van der Waals surface area contributed by atoms with Crippen LogP contribution >= 0.6 is 0 Å². The first-order valence-corrected chi connectivity index (χ1v) is 8.78. The van der Waals surface area contributed by atoms with Crippen molar-refractivity contribution in [2.75, 3.05) is 18.0 Å². The summed E-state index contributed by atoms with van der Waals surface area (Å²) in [6.45, 7) is 9.67. The lowest BCUT2D eigenvalue weighted by molar-refractivity contribution is 0.101. The standard InChI is InChI=1S/C20H26N2O/c1-5-22(6-2)20-19(14(4)23)13(3)17-11-15-9-7-8-10-16(15)12-18(17)21-20/h11-12H,5-10H2,1-4H3. The molecule has 1 aliphatic carbocycles. The van der Waals surface area contributed by atoms with E-state index in [0.717, 1.165) is 53.8 Å². The second-order valence-electron chi connectivity index (χ2n) is 6.51. The Hall–Kier alpha value is -1.90. The molecule has 0 fully saturated rings. The van der Waals surface area contributed by atoms with Gasteiger partial charge in [-0.1, -0.05) is 0 Å². The predicted molar refractivity (Wildman–Crippen MR) is 96.7 cm³/mol. The largest absolute Gasteiger partial charge is 0.357 e. The van der Waals surface area contributed by atoms with Crippen LogP contribution in [0.2, 0.25) is 0 Å². The molecule has 122 valence electrons. The molecule has 0 atom stereocenters. The van der Waals surface area contributed by atoms with Gasteiger partial charge in [0, 0.05) is 18.5 Å². The van der Waals surface area contributed by atoms with Gasteiger partial charge in [-0.25, -0.2) is 4.98 Å². The first-order chi connectivity index (χ1) is 11.1. The van der Waals surface area contributed by atoms with Crippen LogP contribution in [0.1, 0.15) is 60.7 Å². The number of hydrogen-bond donors (Lipinski definition) is 0. The number of ketones is 1. The molecule has 0 aliphatic heterocycles. The number of pyridine rings is 1. The molecule has 1 aromatic heterocycles. The highest BCUT2D eigenvalue weighted by molar-refractivity contribution is 6.05. The molecule has 0 saturated heterocycles. The summed E-state index contributed by atoms with van der Waals surface area (Å²) in [5.74, 6) is 0.958. The second kappa shape index (κ2) is 6.31. The van der Waals surface area contributed by atoms with Gasteiger partial charge in [0.1, 0.15) is 5.82 Å². The molecule has 3 nitrogen and oxygen atoms in total. The Labute approximate surface area is 138 Å². The molecule has 0 bridgehead atoms. The molecule has 3 rings (SSSR count). The van der Waals surface area contributed by atoms with E-state index in [1.807, 2.05) is 0 Å². The van der Waals surface area contributed by atoms with Crippen molar-refractivity contribution in [3.63, 3.8) is 0 Å². The van der Waals surface area contributed by atoms with E-state index in [9.17, 15) is 4.79 Å². The zero-order chi connectivity index (χ0) is 16.6. The monoisotopic (exact) mass is 310 g/mol. The zero-order valence-electron chi connectivity index (χ0n) is 14.7. The molecular formula is C20H26N2O. The quantitative estimate of drug-likeness (QED) is 0.781. The molecule has 1 heterocycles. The number of aryl methyl sites for hydroxylation is 3. The maximum atomic E-state index is 12.3. The van der Waals surface area contributed by atoms with Gasteiger partial charge in [-0.05, 0) is 82.2 Å². The molecule has 0 spiro atoms. The van der Waals surface area contributed by atoms with Crippen molar-refractivity contribution in [3.8, 4) is 0 Å². The van der Waals surface area contributed by atoms with Crippen LogP contribution < -0.4 is 4.90 Å². The smallest absolute Gasteiger partial charge is 0.163 e. The van der Waals surface area contributed by atoms with Gasteiger partial charge in [-0.2, -0.15) is 0 Å². The van der Waals surface area contributed by atoms with Gasteiger partial charge in [-0.15, -0.1) is 0 Å². The summed E-state index contributed by atoms with van der Waals surface area (Å²) in [6.07, 6.45) is 4.84. The minimum absolute atomic E-state index is 0.108. The van der Waals surface area contributed by atoms with Gasteiger partial charge in [0.2, 0.25) is 0 Å². The number of carbonyl (C=O) groups is 1. The minimum atomic E-state index is 0.108. The number of fused-ring (bicyclic) bond motifs is 2. The number of rotatable bonds is 4. The Morgan fingerprint density at radius 3 is 2.30 bits per heavy atom. The molecular weight excluding hydrogens is 284 g/mol. The number of hydrogen-bond acceptors (Lipinski definition) is 3. The van der Waals surface area contributed by atoms with Gasteiger partial charge in [0.05, 0.1) is 11.1 Å². The molecule has 2 aromatic rings. The molecule has 1 aromatic carbocycles. The van der Waals surface area contributed by atoms with Crippen LogP contribution in [-0.4, -0.2) is 23.9 Å². The SMILES string of the molecule is CCN(CC)c1nc2cc3c(cc2c(C)c1C(C)=O)CCCC3. The van der Waals surface area contributed by atoms with Crippen molar-refractivity contribution in [1.82, 2.24) is 4.98 Å². The van der Waals surface area contributed by atoms with Gasteiger partial charge in [0.25, 0.3) is 0 Å². The van der Waals surface area contributed by atoms with Crippen molar-refractivity contribution >= 4 is 22.5 Å². The third kappa shape index (κ3) is 2.73. The van der Waals surface area contributed by atoms with Crippen LogP contribution in [0.3, 0.4) is 0 Å². The van der Waals surface area contributed by atoms with E-state index in [-0.39, 0.29) is 5.78 Å². The summed E-state index contributed by atoms with van der Waals surface area (Å²) < 4.78 is 0. The number of Topliss-reactive ketones (excluding diaryl/α,β-unsaturated/α-hetero) is 1. The highest BCUT2D eigenvalue weighted by Gasteiger charge is 2.21. The first kappa shape index (κ1) is 16.0. The van der Waals surface area contributed by atoms with Crippen molar-refractivity contribution in [2.24, 2.45) is 0 Å². The van der Waals surface area contributed by atoms with E-state index in [4.69, 9.17) is 4.98 Å². The van der Waals surface area contributed by atoms with E-state index < -0.39 is 0 Å². The topological polar surface area (TPSA) is 33.2 Å². The van der Waals surface area contributed by atoms with E-state index >= 15 is 0 Å². The highest BCUT2D eigenvalue weighted by atomic mass is 16.1. The summed E-state index contributed by atoms with van der Waals surface area (Å²) in [6, 6.07) is 4.54. The summed E-state index contributed by atoms with van der Waals surface area (Å²) in [5, 5.41) is 1.15. The van der Waals surface area contributed by atoms with Crippen molar-refractivity contribution in [1.29, 1.82) is 0 Å². The maximum absolute atomic E-state index is 12.3. The number of nitrogens with zero attached hydrogens (tertiary/aromatic N) is 2. The van der Waals surface area contributed by atoms with Crippen LogP contribution in [-0.2, 0) is 12.8 Å². The van der Waals surface area contributed by atoms with E-state index in [1.54, 1.807) is 6.92 Å². The van der Waals surface area contributed by atoms with E-state index in [0.29, 0.717) is 0 Å². The Bertz CT molecular complexity index is 760. The molecule has 0 unspecified atom stereocenters. The van der Waals surface area contributed by atoms with Crippen LogP contribution in [0.25, 0.3) is 10.9 Å². The van der Waals surface area contributed by atoms with Gasteiger partial charge in [0.15, 0.2) is 5.78 Å². The van der Waals surface area contributed by atoms with E-state index in [1.165, 1.54) is 24.0 Å². The average molecular weight is 310 g/mol. The Morgan fingerprint density at radius 2 is 1.74 bits per heavy atom. The lowest BCUT2D eigenvalue weighted by Crippen LogP contribution is -2.26. The predicted octanol–water partition coefficient (Wildman–Crippen LogP) is 4.47. The summed E-state index contributed by atoms with van der Waals surface area (Å²) in [7, 11) is 0. The summed E-state index contributed by atoms with van der Waals surface area (Å²) in [4.78, 5) is 19.4. The Kier molecular flexibility index (Phi) is 4.38. The van der Waals surface area contributed by atoms with Gasteiger partial charge in [-0.3, -0.25) is 4.79 Å². The van der Waals surface area contributed by atoms with E-state index in [2.05, 4.69) is 37.8 Å². The Morgan fingerprint density at radius 1 is 1.13 bits per heavy atom. The Balaban J connectivity index is 2.30. The lowest BCUT2D eigenvalue weighted by atomic mass is 9.88. The summed E-state index contributed by atoms with van der Waals surface area (Å²) in [5.41, 5.74) is 5.79. The number of benzene rings is 1. The van der Waals surface area contributed by atoms with Crippen molar-refractivity contribution < 1.29 is 4.79 Å². The van der Waals surface area contributed by atoms with Crippen LogP contribution in [0.5, 0.6) is 0 Å². The fourth-order valence-electron chi connectivity index (χ4n) is 3.81. The number of aromatic nitrogens is 1. The first-order valence-electron chi connectivity index (χ1n) is 8.78. The van der Waals surface area contributed by atoms with Gasteiger partial charge >= 0.3 is 0 Å². The van der Waals surface area contributed by atoms with Gasteiger partial charge < -0.3 is 4.90 Å². The molecule has 3 heteroatoms. The molecule has 1 aliphatic rings. The highest BCUT2D eigenvalue weighted by Crippen LogP contribution is 2.32. The zero-order valence-corrected chi connectivity index (χ0v) is 14.7. The number of carbonyl (C=O) groups excluding carboxylic acids is 1. The minimum Gasteiger partial charge on any atom is -0.357 e. The fourth-order valence-corrected chi connectivity index (χ4v) is 3.81. The third-order valence-electron chi connectivity index (χ3n) is 5.10. The summed E-state index contributed by atoms with van der Waals surface area (Å²) >= 11 is 0. The fraction of sp³-hybridized carbons (Fsp3) is 0.500. The van der Waals surface area contributed by atoms with Crippen molar-refractivity contribution in [3.05, 3.63) is 34.4 Å². The molecule has 0 amide bonds. The normalized spacial score (nSPS) is 13.9. The van der Waals surface area contributed by atoms with Crippen LogP contribution in [0.4, 0.5) is 5.82 Å².